The molecule has 4 aromatic rings. The highest BCUT2D eigenvalue weighted by Crippen LogP contribution is 2.45. The van der Waals surface area contributed by atoms with Gasteiger partial charge in [0.25, 0.3) is 0 Å². The van der Waals surface area contributed by atoms with Gasteiger partial charge in [-0.25, -0.2) is 18.2 Å². The Labute approximate surface area is 249 Å². The minimum absolute atomic E-state index is 0.0493. The number of hydrogen-bond donors (Lipinski definition) is 2. The smallest absolute Gasteiger partial charge is 0.319 e. The minimum Gasteiger partial charge on any atom is -0.461 e. The molecule has 0 spiro atoms. The summed E-state index contributed by atoms with van der Waals surface area (Å²) in [4.78, 5) is 18.1. The van der Waals surface area contributed by atoms with Gasteiger partial charge < -0.3 is 20.7 Å². The van der Waals surface area contributed by atoms with Crippen molar-refractivity contribution in [3.8, 4) is 17.1 Å². The Balaban J connectivity index is 1.29. The third-order valence-corrected chi connectivity index (χ3v) is 10.7. The van der Waals surface area contributed by atoms with Gasteiger partial charge in [-0.05, 0) is 50.4 Å². The van der Waals surface area contributed by atoms with Crippen molar-refractivity contribution >= 4 is 55.0 Å². The molecule has 13 heteroatoms. The Morgan fingerprint density at radius 2 is 1.95 bits per heavy atom. The average Bonchev–Trinajstić information content (AvgIpc) is 3.68. The molecule has 3 N–H and O–H groups in total. The fraction of sp³-hybridized carbons (Fsp3) is 0.483. The molecule has 4 saturated heterocycles. The highest BCUT2D eigenvalue weighted by Gasteiger charge is 2.49. The first kappa shape index (κ1) is 26.7. The zero-order chi connectivity index (χ0) is 28.7. The van der Waals surface area contributed by atoms with Gasteiger partial charge in [-0.3, -0.25) is 4.90 Å². The molecule has 2 unspecified atom stereocenters. The number of rotatable bonds is 5. The lowest BCUT2D eigenvalue weighted by molar-refractivity contribution is 0.107. The molecule has 2 aromatic heterocycles. The summed E-state index contributed by atoms with van der Waals surface area (Å²) < 4.78 is 52.2. The van der Waals surface area contributed by atoms with Crippen LogP contribution in [0.4, 0.5) is 24.1 Å². The number of fused-ring (bicyclic) bond motifs is 5. The molecule has 4 atom stereocenters. The molecular weight excluding hydrogens is 587 g/mol. The van der Waals surface area contributed by atoms with Crippen LogP contribution in [-0.4, -0.2) is 76.4 Å². The van der Waals surface area contributed by atoms with Gasteiger partial charge in [0.05, 0.1) is 20.8 Å². The first-order chi connectivity index (χ1) is 20.3. The molecule has 4 aliphatic heterocycles. The molecular formula is C29H29ClF3N7OS. The van der Waals surface area contributed by atoms with Gasteiger partial charge in [-0.15, -0.1) is 0 Å². The van der Waals surface area contributed by atoms with Gasteiger partial charge in [0.2, 0.25) is 0 Å². The molecule has 0 saturated carbocycles. The van der Waals surface area contributed by atoms with Gasteiger partial charge >= 0.3 is 6.01 Å². The highest BCUT2D eigenvalue weighted by molar-refractivity contribution is 7.22. The monoisotopic (exact) mass is 615 g/mol. The fourth-order valence-corrected chi connectivity index (χ4v) is 8.69. The summed E-state index contributed by atoms with van der Waals surface area (Å²) in [5.74, 6) is -0.579. The second kappa shape index (κ2) is 9.80. The third kappa shape index (κ3) is 4.05. The average molecular weight is 616 g/mol. The maximum Gasteiger partial charge on any atom is 0.319 e. The van der Waals surface area contributed by atoms with Crippen molar-refractivity contribution in [3.05, 3.63) is 34.9 Å². The fourth-order valence-electron chi connectivity index (χ4n) is 7.63. The van der Waals surface area contributed by atoms with E-state index in [4.69, 9.17) is 27.1 Å². The Hall–Kier alpha value is -2.93. The Morgan fingerprint density at radius 1 is 1.14 bits per heavy atom. The molecule has 4 fully saturated rings. The number of anilines is 2. The van der Waals surface area contributed by atoms with E-state index >= 15 is 4.39 Å². The van der Waals surface area contributed by atoms with E-state index in [9.17, 15) is 8.78 Å². The lowest BCUT2D eigenvalue weighted by atomic mass is 9.95. The molecule has 2 aromatic carbocycles. The van der Waals surface area contributed by atoms with Crippen molar-refractivity contribution < 1.29 is 17.9 Å². The van der Waals surface area contributed by atoms with Crippen LogP contribution in [-0.2, 0) is 0 Å². The number of nitrogens with one attached hydrogen (secondary N) is 1. The minimum atomic E-state index is -0.895. The second-order valence-electron chi connectivity index (χ2n) is 11.9. The lowest BCUT2D eigenvalue weighted by Crippen LogP contribution is -2.52. The van der Waals surface area contributed by atoms with Crippen molar-refractivity contribution in [2.75, 3.05) is 43.4 Å². The van der Waals surface area contributed by atoms with Gasteiger partial charge in [0.1, 0.15) is 29.9 Å². The number of halogens is 4. The van der Waals surface area contributed by atoms with E-state index in [-0.39, 0.29) is 56.2 Å². The quantitative estimate of drug-likeness (QED) is 0.312. The van der Waals surface area contributed by atoms with Crippen LogP contribution in [0.2, 0.25) is 5.02 Å². The highest BCUT2D eigenvalue weighted by atomic mass is 35.5. The van der Waals surface area contributed by atoms with Gasteiger partial charge in [0, 0.05) is 54.7 Å². The number of nitrogens with two attached hydrogens (primary N) is 1. The Morgan fingerprint density at radius 3 is 2.76 bits per heavy atom. The van der Waals surface area contributed by atoms with Gasteiger partial charge in [-0.2, -0.15) is 9.97 Å². The van der Waals surface area contributed by atoms with Crippen LogP contribution in [0.5, 0.6) is 6.01 Å². The second-order valence-corrected chi connectivity index (χ2v) is 13.4. The number of nitrogens with zero attached hydrogens (tertiary/aromatic N) is 5. The standard InChI is InChI=1S/C29H29ClF3N7OS/c30-19-8-18-23(22(33)21(19)17-4-5-20(32)25-24(17)36-27(34)42-25)37-28(38-26(18)40-15-2-3-16(40)11-35-10-15)41-13-29-6-1-7-39(29)12-14(31)9-29/h4-5,8,14-16,35H,1-3,6-7,9-13H2,(H2,34,36)/t14-,15?,16?,29+/m1/s1. The molecule has 220 valence electrons. The number of thiazole rings is 1. The van der Waals surface area contributed by atoms with Gasteiger partial charge in [-0.1, -0.05) is 22.9 Å². The summed E-state index contributed by atoms with van der Waals surface area (Å²) in [7, 11) is 0. The van der Waals surface area contributed by atoms with E-state index in [0.29, 0.717) is 29.7 Å². The zero-order valence-corrected chi connectivity index (χ0v) is 24.2. The number of hydrogen-bond acceptors (Lipinski definition) is 9. The number of piperazine rings is 1. The lowest BCUT2D eigenvalue weighted by Gasteiger charge is -2.37. The van der Waals surface area contributed by atoms with Crippen molar-refractivity contribution in [1.29, 1.82) is 0 Å². The largest absolute Gasteiger partial charge is 0.461 e. The van der Waals surface area contributed by atoms with Crippen LogP contribution < -0.4 is 20.7 Å². The van der Waals surface area contributed by atoms with Crippen LogP contribution >= 0.6 is 22.9 Å². The number of aromatic nitrogens is 3. The van der Waals surface area contributed by atoms with E-state index in [0.717, 1.165) is 56.7 Å². The van der Waals surface area contributed by atoms with Crippen LogP contribution in [0.25, 0.3) is 32.2 Å². The number of nitrogen functional groups attached to an aromatic ring is 1. The number of benzene rings is 2. The molecule has 2 bridgehead atoms. The first-order valence-electron chi connectivity index (χ1n) is 14.4. The number of ether oxygens (including phenoxy) is 1. The number of alkyl halides is 1. The molecule has 8 nitrogen and oxygen atoms in total. The maximum atomic E-state index is 16.7. The summed E-state index contributed by atoms with van der Waals surface area (Å²) in [6.45, 7) is 3.05. The van der Waals surface area contributed by atoms with E-state index in [1.165, 1.54) is 12.1 Å². The van der Waals surface area contributed by atoms with Crippen molar-refractivity contribution in [3.63, 3.8) is 0 Å². The predicted molar refractivity (Wildman–Crippen MR) is 158 cm³/mol. The van der Waals surface area contributed by atoms with Crippen LogP contribution in [0.15, 0.2) is 18.2 Å². The first-order valence-corrected chi connectivity index (χ1v) is 15.6. The third-order valence-electron chi connectivity index (χ3n) is 9.48. The summed E-state index contributed by atoms with van der Waals surface area (Å²) in [5.41, 5.74) is 6.19. The van der Waals surface area contributed by atoms with Gasteiger partial charge in [0.15, 0.2) is 10.9 Å². The molecule has 6 heterocycles. The molecule has 4 aliphatic rings. The normalized spacial score (nSPS) is 27.4. The van der Waals surface area contributed by atoms with E-state index in [2.05, 4.69) is 25.1 Å². The molecule has 0 aliphatic carbocycles. The molecule has 0 radical (unpaired) electrons. The van der Waals surface area contributed by atoms with Crippen LogP contribution in [0, 0.1) is 11.6 Å². The van der Waals surface area contributed by atoms with Crippen molar-refractivity contribution in [2.24, 2.45) is 0 Å². The summed E-state index contributed by atoms with van der Waals surface area (Å²) in [6.07, 6.45) is 3.30. The molecule has 0 amide bonds. The van der Waals surface area contributed by atoms with Crippen LogP contribution in [0.1, 0.15) is 32.1 Å². The van der Waals surface area contributed by atoms with E-state index < -0.39 is 23.3 Å². The Bertz CT molecular complexity index is 1720. The summed E-state index contributed by atoms with van der Waals surface area (Å²) in [6, 6.07) is 4.84. The SMILES string of the molecule is Nc1nc2c(-c3c(Cl)cc4c(N5C6CCC5CNC6)nc(OC[C@@]56CCCN5C[C@H](F)C6)nc4c3F)ccc(F)c2s1. The van der Waals surface area contributed by atoms with Crippen LogP contribution in [0.3, 0.4) is 0 Å². The zero-order valence-electron chi connectivity index (χ0n) is 22.7. The van der Waals surface area contributed by atoms with E-state index in [1.54, 1.807) is 6.07 Å². The predicted octanol–water partition coefficient (Wildman–Crippen LogP) is 5.32. The Kier molecular flexibility index (Phi) is 6.22. The summed E-state index contributed by atoms with van der Waals surface area (Å²) >= 11 is 7.80. The van der Waals surface area contributed by atoms with Crippen molar-refractivity contribution in [2.45, 2.75) is 55.9 Å². The van der Waals surface area contributed by atoms with E-state index in [1.807, 2.05) is 0 Å². The van der Waals surface area contributed by atoms with Crippen molar-refractivity contribution in [1.82, 2.24) is 25.2 Å². The topological polar surface area (TPSA) is 92.4 Å². The molecule has 8 rings (SSSR count). The maximum absolute atomic E-state index is 16.7. The summed E-state index contributed by atoms with van der Waals surface area (Å²) in [5, 5.41) is 4.26. The molecule has 42 heavy (non-hydrogen) atoms.